The van der Waals surface area contributed by atoms with Crippen LogP contribution in [0, 0.1) is 12.7 Å². The molecule has 17 heavy (non-hydrogen) atoms. The van der Waals surface area contributed by atoms with Crippen LogP contribution in [-0.4, -0.2) is 13.1 Å². The van der Waals surface area contributed by atoms with Crippen molar-refractivity contribution in [2.45, 2.75) is 39.0 Å². The van der Waals surface area contributed by atoms with Crippen LogP contribution in [0.5, 0.6) is 0 Å². The predicted octanol–water partition coefficient (Wildman–Crippen LogP) is 3.41. The first-order valence-electron chi connectivity index (χ1n) is 5.96. The minimum Gasteiger partial charge on any atom is -0.469 e. The van der Waals surface area contributed by atoms with E-state index < -0.39 is 0 Å². The zero-order valence-corrected chi connectivity index (χ0v) is 10.5. The summed E-state index contributed by atoms with van der Waals surface area (Å²) in [5.74, 6) is -0.302. The molecule has 0 aliphatic heterocycles. The second-order valence-corrected chi connectivity index (χ2v) is 4.16. The van der Waals surface area contributed by atoms with Crippen LogP contribution in [0.3, 0.4) is 0 Å². The van der Waals surface area contributed by atoms with Gasteiger partial charge in [-0.25, -0.2) is 4.39 Å². The van der Waals surface area contributed by atoms with E-state index in [9.17, 15) is 9.18 Å². The number of ether oxygens (including phenoxy) is 1. The van der Waals surface area contributed by atoms with Crippen LogP contribution in [0.2, 0.25) is 0 Å². The number of carbonyl (C=O) groups is 1. The van der Waals surface area contributed by atoms with E-state index in [0.29, 0.717) is 6.42 Å². The molecule has 0 saturated heterocycles. The van der Waals surface area contributed by atoms with Crippen molar-refractivity contribution in [2.75, 3.05) is 7.11 Å². The van der Waals surface area contributed by atoms with Crippen LogP contribution < -0.4 is 0 Å². The molecule has 1 aromatic carbocycles. The first-order chi connectivity index (χ1) is 8.15. The molecule has 0 fully saturated rings. The molecule has 0 bridgehead atoms. The number of methoxy groups -OCH3 is 1. The van der Waals surface area contributed by atoms with Gasteiger partial charge in [0.1, 0.15) is 5.82 Å². The lowest BCUT2D eigenvalue weighted by Crippen LogP contribution is -1.99. The summed E-state index contributed by atoms with van der Waals surface area (Å²) in [5, 5.41) is 0. The van der Waals surface area contributed by atoms with Crippen molar-refractivity contribution in [3.05, 3.63) is 35.1 Å². The normalized spacial score (nSPS) is 10.3. The summed E-state index contributed by atoms with van der Waals surface area (Å²) in [5.41, 5.74) is 1.79. The number of unbranched alkanes of at least 4 members (excludes halogenated alkanes) is 2. The van der Waals surface area contributed by atoms with Gasteiger partial charge in [0.15, 0.2) is 0 Å². The summed E-state index contributed by atoms with van der Waals surface area (Å²) >= 11 is 0. The fourth-order valence-electron chi connectivity index (χ4n) is 1.79. The maximum Gasteiger partial charge on any atom is 0.305 e. The van der Waals surface area contributed by atoms with Gasteiger partial charge in [0, 0.05) is 6.42 Å². The molecule has 2 nitrogen and oxygen atoms in total. The molecule has 0 aliphatic rings. The van der Waals surface area contributed by atoms with Crippen LogP contribution in [0.4, 0.5) is 4.39 Å². The Labute approximate surface area is 102 Å². The van der Waals surface area contributed by atoms with Crippen molar-refractivity contribution in [2.24, 2.45) is 0 Å². The van der Waals surface area contributed by atoms with Gasteiger partial charge in [0.25, 0.3) is 0 Å². The summed E-state index contributed by atoms with van der Waals surface area (Å²) in [7, 11) is 1.40. The zero-order valence-electron chi connectivity index (χ0n) is 10.5. The van der Waals surface area contributed by atoms with Crippen LogP contribution >= 0.6 is 0 Å². The molecule has 0 amide bonds. The number of aryl methyl sites for hydroxylation is 1. The van der Waals surface area contributed by atoms with Gasteiger partial charge >= 0.3 is 5.97 Å². The summed E-state index contributed by atoms with van der Waals surface area (Å²) < 4.78 is 17.8. The van der Waals surface area contributed by atoms with Crippen LogP contribution in [0.15, 0.2) is 18.2 Å². The highest BCUT2D eigenvalue weighted by atomic mass is 19.1. The monoisotopic (exact) mass is 238 g/mol. The number of rotatable bonds is 6. The molecule has 0 aromatic heterocycles. The standard InChI is InChI=1S/C14H19FO2/c1-11-12(8-6-9-13(11)15)7-4-3-5-10-14(16)17-2/h6,8-9H,3-5,7,10H2,1-2H3. The first-order valence-corrected chi connectivity index (χ1v) is 5.96. The van der Waals surface area contributed by atoms with E-state index >= 15 is 0 Å². The second-order valence-electron chi connectivity index (χ2n) is 4.16. The van der Waals surface area contributed by atoms with Crippen molar-refractivity contribution in [1.82, 2.24) is 0 Å². The van der Waals surface area contributed by atoms with E-state index in [0.717, 1.165) is 36.8 Å². The number of carbonyl (C=O) groups excluding carboxylic acids is 1. The largest absolute Gasteiger partial charge is 0.469 e. The number of hydrogen-bond acceptors (Lipinski definition) is 2. The zero-order chi connectivity index (χ0) is 12.7. The molecule has 0 atom stereocenters. The highest BCUT2D eigenvalue weighted by molar-refractivity contribution is 5.68. The molecule has 0 radical (unpaired) electrons. The SMILES string of the molecule is COC(=O)CCCCCc1cccc(F)c1C. The third-order valence-corrected chi connectivity index (χ3v) is 2.93. The summed E-state index contributed by atoms with van der Waals surface area (Å²) in [6.45, 7) is 1.80. The Morgan fingerprint density at radius 2 is 2.06 bits per heavy atom. The molecular weight excluding hydrogens is 219 g/mol. The van der Waals surface area contributed by atoms with Crippen molar-refractivity contribution in [3.8, 4) is 0 Å². The quantitative estimate of drug-likeness (QED) is 0.560. The van der Waals surface area contributed by atoms with Gasteiger partial charge in [-0.2, -0.15) is 0 Å². The maximum atomic E-state index is 13.2. The Hall–Kier alpha value is -1.38. The Balaban J connectivity index is 2.27. The number of esters is 1. The van der Waals surface area contributed by atoms with Gasteiger partial charge in [-0.3, -0.25) is 4.79 Å². The number of benzene rings is 1. The fraction of sp³-hybridized carbons (Fsp3) is 0.500. The van der Waals surface area contributed by atoms with Gasteiger partial charge in [-0.05, 0) is 43.4 Å². The molecule has 0 spiro atoms. The van der Waals surface area contributed by atoms with E-state index in [1.165, 1.54) is 13.2 Å². The second kappa shape index (κ2) is 7.05. The van der Waals surface area contributed by atoms with Gasteiger partial charge in [-0.15, -0.1) is 0 Å². The predicted molar refractivity (Wildman–Crippen MR) is 65.3 cm³/mol. The van der Waals surface area contributed by atoms with Crippen LogP contribution in [0.25, 0.3) is 0 Å². The lowest BCUT2D eigenvalue weighted by molar-refractivity contribution is -0.140. The van der Waals surface area contributed by atoms with Gasteiger partial charge < -0.3 is 4.74 Å². The lowest BCUT2D eigenvalue weighted by atomic mass is 10.0. The topological polar surface area (TPSA) is 26.3 Å². The van der Waals surface area contributed by atoms with Crippen LogP contribution in [0.1, 0.15) is 36.8 Å². The molecular formula is C14H19FO2. The summed E-state index contributed by atoms with van der Waals surface area (Å²) in [4.78, 5) is 10.9. The minimum absolute atomic E-state index is 0.142. The van der Waals surface area contributed by atoms with E-state index in [-0.39, 0.29) is 11.8 Å². The molecule has 0 saturated carbocycles. The third kappa shape index (κ3) is 4.55. The highest BCUT2D eigenvalue weighted by Crippen LogP contribution is 2.15. The molecule has 1 aromatic rings. The molecule has 0 N–H and O–H groups in total. The van der Waals surface area contributed by atoms with E-state index in [1.54, 1.807) is 13.0 Å². The molecule has 94 valence electrons. The Morgan fingerprint density at radius 1 is 1.29 bits per heavy atom. The third-order valence-electron chi connectivity index (χ3n) is 2.93. The average Bonchev–Trinajstić information content (AvgIpc) is 2.33. The maximum absolute atomic E-state index is 13.2. The lowest BCUT2D eigenvalue weighted by Gasteiger charge is -2.06. The first kappa shape index (κ1) is 13.7. The fourth-order valence-corrected chi connectivity index (χ4v) is 1.79. The Bertz CT molecular complexity index is 374. The average molecular weight is 238 g/mol. The molecule has 0 unspecified atom stereocenters. The molecule has 0 heterocycles. The van der Waals surface area contributed by atoms with Crippen molar-refractivity contribution in [1.29, 1.82) is 0 Å². The molecule has 1 rings (SSSR count). The van der Waals surface area contributed by atoms with E-state index in [1.807, 2.05) is 6.07 Å². The summed E-state index contributed by atoms with van der Waals surface area (Å²) in [6, 6.07) is 5.18. The molecule has 3 heteroatoms. The van der Waals surface area contributed by atoms with Gasteiger partial charge in [0.2, 0.25) is 0 Å². The summed E-state index contributed by atoms with van der Waals surface area (Å²) in [6.07, 6.45) is 4.11. The van der Waals surface area contributed by atoms with Crippen molar-refractivity contribution in [3.63, 3.8) is 0 Å². The van der Waals surface area contributed by atoms with Gasteiger partial charge in [0.05, 0.1) is 7.11 Å². The number of hydrogen-bond donors (Lipinski definition) is 0. The van der Waals surface area contributed by atoms with Crippen molar-refractivity contribution >= 4 is 5.97 Å². The van der Waals surface area contributed by atoms with Gasteiger partial charge in [-0.1, -0.05) is 18.6 Å². The molecule has 0 aliphatic carbocycles. The minimum atomic E-state index is -0.160. The van der Waals surface area contributed by atoms with Crippen molar-refractivity contribution < 1.29 is 13.9 Å². The smallest absolute Gasteiger partial charge is 0.305 e. The van der Waals surface area contributed by atoms with E-state index in [2.05, 4.69) is 4.74 Å². The Morgan fingerprint density at radius 3 is 2.76 bits per heavy atom. The Kier molecular flexibility index (Phi) is 5.67. The van der Waals surface area contributed by atoms with Crippen LogP contribution in [-0.2, 0) is 16.0 Å². The van der Waals surface area contributed by atoms with E-state index in [4.69, 9.17) is 0 Å². The highest BCUT2D eigenvalue weighted by Gasteiger charge is 2.03. The number of halogens is 1.